The highest BCUT2D eigenvalue weighted by Gasteiger charge is 2.32. The van der Waals surface area contributed by atoms with Crippen molar-refractivity contribution in [1.29, 1.82) is 0 Å². The van der Waals surface area contributed by atoms with Gasteiger partial charge in [0.1, 0.15) is 17.1 Å². The van der Waals surface area contributed by atoms with Crippen LogP contribution in [0.5, 0.6) is 11.6 Å². The number of aromatic nitrogens is 2. The fourth-order valence-electron chi connectivity index (χ4n) is 3.70. The summed E-state index contributed by atoms with van der Waals surface area (Å²) in [6, 6.07) is 10.4. The molecule has 1 aromatic carbocycles. The SMILES string of the molecule is CC1(C)CC(=O)c2cc(C(=O)NCc3ccc(Oc4cccc(F)c4)nc3)c(=O)[nH]c2C1. The van der Waals surface area contributed by atoms with E-state index in [0.717, 1.165) is 0 Å². The van der Waals surface area contributed by atoms with Gasteiger partial charge in [0.2, 0.25) is 5.88 Å². The zero-order valence-electron chi connectivity index (χ0n) is 17.7. The number of nitrogens with one attached hydrogen (secondary N) is 2. The number of rotatable bonds is 5. The summed E-state index contributed by atoms with van der Waals surface area (Å²) in [5.74, 6) is -0.475. The highest BCUT2D eigenvalue weighted by Crippen LogP contribution is 2.33. The van der Waals surface area contributed by atoms with Crippen LogP contribution >= 0.6 is 0 Å². The monoisotopic (exact) mass is 435 g/mol. The van der Waals surface area contributed by atoms with E-state index in [1.807, 2.05) is 13.8 Å². The van der Waals surface area contributed by atoms with Gasteiger partial charge in [0, 0.05) is 42.6 Å². The predicted molar refractivity (Wildman–Crippen MR) is 115 cm³/mol. The van der Waals surface area contributed by atoms with E-state index < -0.39 is 17.3 Å². The molecule has 0 unspecified atom stereocenters. The van der Waals surface area contributed by atoms with Crippen LogP contribution in [0.25, 0.3) is 0 Å². The molecule has 2 aromatic heterocycles. The molecule has 0 bridgehead atoms. The Morgan fingerprint density at radius 1 is 1.19 bits per heavy atom. The van der Waals surface area contributed by atoms with Crippen LogP contribution in [-0.2, 0) is 13.0 Å². The van der Waals surface area contributed by atoms with E-state index in [2.05, 4.69) is 15.3 Å². The summed E-state index contributed by atoms with van der Waals surface area (Å²) in [6.07, 6.45) is 2.45. The smallest absolute Gasteiger partial charge is 0.261 e. The summed E-state index contributed by atoms with van der Waals surface area (Å²) in [7, 11) is 0. The summed E-state index contributed by atoms with van der Waals surface area (Å²) in [4.78, 5) is 44.3. The normalized spacial score (nSPS) is 14.5. The lowest BCUT2D eigenvalue weighted by Gasteiger charge is -2.29. The van der Waals surface area contributed by atoms with Gasteiger partial charge in [-0.25, -0.2) is 9.37 Å². The number of halogens is 1. The molecule has 7 nitrogen and oxygen atoms in total. The van der Waals surface area contributed by atoms with E-state index in [4.69, 9.17) is 4.74 Å². The molecule has 0 atom stereocenters. The van der Waals surface area contributed by atoms with E-state index in [-0.39, 0.29) is 29.2 Å². The van der Waals surface area contributed by atoms with Crippen LogP contribution in [0.15, 0.2) is 53.5 Å². The van der Waals surface area contributed by atoms with Crippen molar-refractivity contribution in [3.63, 3.8) is 0 Å². The van der Waals surface area contributed by atoms with E-state index >= 15 is 0 Å². The minimum Gasteiger partial charge on any atom is -0.439 e. The molecule has 8 heteroatoms. The zero-order chi connectivity index (χ0) is 22.9. The maximum atomic E-state index is 13.2. The number of hydrogen-bond acceptors (Lipinski definition) is 5. The van der Waals surface area contributed by atoms with Gasteiger partial charge in [-0.15, -0.1) is 0 Å². The Morgan fingerprint density at radius 2 is 2.00 bits per heavy atom. The largest absolute Gasteiger partial charge is 0.439 e. The Bertz CT molecular complexity index is 1250. The highest BCUT2D eigenvalue weighted by atomic mass is 19.1. The van der Waals surface area contributed by atoms with Crippen LogP contribution in [0.3, 0.4) is 0 Å². The second-order valence-electron chi connectivity index (χ2n) is 8.59. The lowest BCUT2D eigenvalue weighted by atomic mass is 9.75. The Kier molecular flexibility index (Phi) is 5.61. The van der Waals surface area contributed by atoms with Gasteiger partial charge in [-0.1, -0.05) is 26.0 Å². The predicted octanol–water partition coefficient (Wildman–Crippen LogP) is 3.79. The Morgan fingerprint density at radius 3 is 2.72 bits per heavy atom. The average molecular weight is 435 g/mol. The van der Waals surface area contributed by atoms with Crippen LogP contribution in [-0.4, -0.2) is 21.7 Å². The Hall–Kier alpha value is -3.81. The van der Waals surface area contributed by atoms with Crippen molar-refractivity contribution in [2.45, 2.75) is 33.2 Å². The van der Waals surface area contributed by atoms with Crippen molar-refractivity contribution < 1.29 is 18.7 Å². The van der Waals surface area contributed by atoms with Crippen LogP contribution in [0.2, 0.25) is 0 Å². The number of carbonyl (C=O) groups excluding carboxylic acids is 2. The highest BCUT2D eigenvalue weighted by molar-refractivity contribution is 6.02. The van der Waals surface area contributed by atoms with Gasteiger partial charge in [-0.05, 0) is 35.6 Å². The van der Waals surface area contributed by atoms with E-state index in [1.165, 1.54) is 30.5 Å². The molecule has 3 aromatic rings. The molecule has 0 spiro atoms. The summed E-state index contributed by atoms with van der Waals surface area (Å²) < 4.78 is 18.7. The number of H-pyrrole nitrogens is 1. The van der Waals surface area contributed by atoms with E-state index in [9.17, 15) is 18.8 Å². The van der Waals surface area contributed by atoms with Gasteiger partial charge in [0.25, 0.3) is 11.5 Å². The average Bonchev–Trinajstić information content (AvgIpc) is 2.72. The van der Waals surface area contributed by atoms with Gasteiger partial charge in [-0.2, -0.15) is 0 Å². The van der Waals surface area contributed by atoms with Gasteiger partial charge in [0.15, 0.2) is 5.78 Å². The number of fused-ring (bicyclic) bond motifs is 1. The number of pyridine rings is 2. The second kappa shape index (κ2) is 8.37. The van der Waals surface area contributed by atoms with E-state index in [0.29, 0.717) is 35.4 Å². The standard InChI is InChI=1S/C24H22FN3O4/c1-24(2)10-19-17(20(29)11-24)9-18(23(31)28-19)22(30)27-13-14-6-7-21(26-12-14)32-16-5-3-4-15(25)8-16/h3-9,12H,10-11,13H2,1-2H3,(H,27,30)(H,28,31). The number of carbonyl (C=O) groups is 2. The first-order valence-electron chi connectivity index (χ1n) is 10.2. The minimum atomic E-state index is -0.577. The van der Waals surface area contributed by atoms with Gasteiger partial charge >= 0.3 is 0 Å². The molecule has 0 radical (unpaired) electrons. The summed E-state index contributed by atoms with van der Waals surface area (Å²) in [6.45, 7) is 4.06. The molecule has 32 heavy (non-hydrogen) atoms. The van der Waals surface area contributed by atoms with Crippen LogP contribution in [0.4, 0.5) is 4.39 Å². The summed E-state index contributed by atoms with van der Waals surface area (Å²) in [5.41, 5.74) is 0.797. The Labute approximate surface area is 183 Å². The number of ether oxygens (including phenoxy) is 1. The Balaban J connectivity index is 1.42. The number of benzene rings is 1. The molecule has 2 N–H and O–H groups in total. The van der Waals surface area contributed by atoms with Gasteiger partial charge < -0.3 is 15.0 Å². The third kappa shape index (κ3) is 4.74. The number of Topliss-reactive ketones (excluding diaryl/α,β-unsaturated/α-hetero) is 1. The summed E-state index contributed by atoms with van der Waals surface area (Å²) >= 11 is 0. The molecule has 0 saturated carbocycles. The number of ketones is 1. The van der Waals surface area contributed by atoms with Crippen molar-refractivity contribution in [3.05, 3.63) is 87.2 Å². The molecular formula is C24H22FN3O4. The molecule has 0 fully saturated rings. The minimum absolute atomic E-state index is 0.0837. The molecule has 2 heterocycles. The molecule has 1 amide bonds. The fraction of sp³-hybridized carbons (Fsp3) is 0.250. The first kappa shape index (κ1) is 21.4. The zero-order valence-corrected chi connectivity index (χ0v) is 17.7. The second-order valence-corrected chi connectivity index (χ2v) is 8.59. The number of amides is 1. The van der Waals surface area contributed by atoms with Crippen molar-refractivity contribution in [2.75, 3.05) is 0 Å². The first-order chi connectivity index (χ1) is 15.2. The molecule has 1 aliphatic carbocycles. The maximum Gasteiger partial charge on any atom is 0.261 e. The fourth-order valence-corrected chi connectivity index (χ4v) is 3.70. The van der Waals surface area contributed by atoms with E-state index in [1.54, 1.807) is 18.2 Å². The molecule has 4 rings (SSSR count). The number of hydrogen-bond donors (Lipinski definition) is 2. The van der Waals surface area contributed by atoms with Gasteiger partial charge in [0.05, 0.1) is 0 Å². The topological polar surface area (TPSA) is 101 Å². The van der Waals surface area contributed by atoms with Gasteiger partial charge in [-0.3, -0.25) is 14.4 Å². The van der Waals surface area contributed by atoms with Crippen molar-refractivity contribution in [3.8, 4) is 11.6 Å². The van der Waals surface area contributed by atoms with Crippen molar-refractivity contribution in [1.82, 2.24) is 15.3 Å². The molecule has 164 valence electrons. The van der Waals surface area contributed by atoms with Crippen LogP contribution in [0, 0.1) is 11.2 Å². The van der Waals surface area contributed by atoms with Crippen molar-refractivity contribution in [2.24, 2.45) is 5.41 Å². The van der Waals surface area contributed by atoms with Crippen LogP contribution < -0.4 is 15.6 Å². The molecular weight excluding hydrogens is 413 g/mol. The molecule has 1 aliphatic rings. The third-order valence-electron chi connectivity index (χ3n) is 5.23. The lowest BCUT2D eigenvalue weighted by molar-refractivity contribution is 0.0910. The quantitative estimate of drug-likeness (QED) is 0.635. The first-order valence-corrected chi connectivity index (χ1v) is 10.2. The van der Waals surface area contributed by atoms with Crippen LogP contribution in [0.1, 0.15) is 52.2 Å². The third-order valence-corrected chi connectivity index (χ3v) is 5.23. The summed E-state index contributed by atoms with van der Waals surface area (Å²) in [5, 5.41) is 2.67. The number of aromatic amines is 1. The molecule has 0 aliphatic heterocycles. The number of nitrogens with zero attached hydrogens (tertiary/aromatic N) is 1. The maximum absolute atomic E-state index is 13.2. The van der Waals surface area contributed by atoms with Crippen molar-refractivity contribution >= 4 is 11.7 Å². The lowest BCUT2D eigenvalue weighted by Crippen LogP contribution is -2.34. The molecule has 0 saturated heterocycles.